The number of nitriles is 2. The molecule has 64 valence electrons. The molecule has 13 heavy (non-hydrogen) atoms. The quantitative estimate of drug-likeness (QED) is 0.526. The van der Waals surface area contributed by atoms with Crippen molar-refractivity contribution in [1.82, 2.24) is 0 Å². The van der Waals surface area contributed by atoms with Crippen LogP contribution in [0.2, 0.25) is 0 Å². The Balaban J connectivity index is 3.21. The molecule has 0 radical (unpaired) electrons. The highest BCUT2D eigenvalue weighted by Crippen LogP contribution is 2.20. The second-order valence-electron chi connectivity index (χ2n) is 2.67. The molecular weight excluding hydrogens is 164 g/mol. The minimum Gasteiger partial charge on any atom is -0.467 e. The summed E-state index contributed by atoms with van der Waals surface area (Å²) in [4.78, 5) is 0. The molecule has 0 atom stereocenters. The lowest BCUT2D eigenvalue weighted by Crippen LogP contribution is -1.96. The topological polar surface area (TPSA) is 56.8 Å². The maximum Gasteiger partial charge on any atom is 0.137 e. The van der Waals surface area contributed by atoms with Crippen LogP contribution in [0, 0.1) is 22.7 Å². The molecule has 0 N–H and O–H groups in total. The lowest BCUT2D eigenvalue weighted by molar-refractivity contribution is 0.304. The van der Waals surface area contributed by atoms with E-state index in [1.54, 1.807) is 26.0 Å². The van der Waals surface area contributed by atoms with E-state index in [1.165, 1.54) is 0 Å². The molecule has 1 heterocycles. The van der Waals surface area contributed by atoms with Crippen LogP contribution >= 0.6 is 0 Å². The summed E-state index contributed by atoms with van der Waals surface area (Å²) in [5.41, 5.74) is 0.730. The van der Waals surface area contributed by atoms with Gasteiger partial charge in [-0.2, -0.15) is 10.5 Å². The largest absolute Gasteiger partial charge is 0.467 e. The Hall–Kier alpha value is -2.00. The molecule has 0 aromatic heterocycles. The first-order valence-corrected chi connectivity index (χ1v) is 3.76. The van der Waals surface area contributed by atoms with E-state index in [0.717, 1.165) is 0 Å². The van der Waals surface area contributed by atoms with Crippen LogP contribution in [0.25, 0.3) is 0 Å². The van der Waals surface area contributed by atoms with E-state index in [4.69, 9.17) is 15.3 Å². The van der Waals surface area contributed by atoms with Gasteiger partial charge in [0.1, 0.15) is 29.2 Å². The summed E-state index contributed by atoms with van der Waals surface area (Å²) in [6.07, 6.45) is 3.35. The zero-order valence-electron chi connectivity index (χ0n) is 7.46. The fourth-order valence-corrected chi connectivity index (χ4v) is 1.09. The van der Waals surface area contributed by atoms with E-state index in [2.05, 4.69) is 0 Å². The lowest BCUT2D eigenvalue weighted by Gasteiger charge is -2.11. The van der Waals surface area contributed by atoms with Gasteiger partial charge in [0.05, 0.1) is 0 Å². The molecule has 1 aliphatic heterocycles. The van der Waals surface area contributed by atoms with E-state index in [0.29, 0.717) is 17.1 Å². The number of nitrogens with zero attached hydrogens (tertiary/aromatic N) is 2. The van der Waals surface area contributed by atoms with Crippen LogP contribution in [-0.2, 0) is 4.74 Å². The first-order chi connectivity index (χ1) is 6.17. The highest BCUT2D eigenvalue weighted by atomic mass is 16.5. The van der Waals surface area contributed by atoms with Crippen LogP contribution in [0.1, 0.15) is 13.8 Å². The van der Waals surface area contributed by atoms with Crippen molar-refractivity contribution in [1.29, 1.82) is 10.5 Å². The molecule has 0 spiro atoms. The summed E-state index contributed by atoms with van der Waals surface area (Å²) < 4.78 is 5.22. The Morgan fingerprint density at radius 2 is 1.62 bits per heavy atom. The molecule has 1 rings (SSSR count). The molecule has 0 bridgehead atoms. The number of allylic oxidation sites excluding steroid dienone is 6. The monoisotopic (exact) mass is 172 g/mol. The summed E-state index contributed by atoms with van der Waals surface area (Å²) in [6.45, 7) is 3.56. The Kier molecular flexibility index (Phi) is 2.52. The Morgan fingerprint density at radius 3 is 2.00 bits per heavy atom. The first-order valence-electron chi connectivity index (χ1n) is 3.76. The zero-order valence-corrected chi connectivity index (χ0v) is 7.46. The molecular formula is C10H8N2O. The molecule has 0 aliphatic carbocycles. The molecule has 0 unspecified atom stereocenters. The maximum absolute atomic E-state index is 8.62. The minimum absolute atomic E-state index is 0.113. The average Bonchev–Trinajstić information content (AvgIpc) is 2.04. The van der Waals surface area contributed by atoms with Crippen molar-refractivity contribution in [2.75, 3.05) is 0 Å². The molecule has 0 aromatic rings. The molecule has 0 aromatic carbocycles. The molecule has 3 nitrogen and oxygen atoms in total. The van der Waals surface area contributed by atoms with Gasteiger partial charge in [0, 0.05) is 5.57 Å². The van der Waals surface area contributed by atoms with Gasteiger partial charge in [-0.25, -0.2) is 0 Å². The Bertz CT molecular complexity index is 364. The zero-order chi connectivity index (χ0) is 9.84. The van der Waals surface area contributed by atoms with Gasteiger partial charge in [-0.1, -0.05) is 0 Å². The van der Waals surface area contributed by atoms with Gasteiger partial charge in [0.2, 0.25) is 0 Å². The number of hydrogen-bond donors (Lipinski definition) is 0. The van der Waals surface area contributed by atoms with E-state index in [9.17, 15) is 0 Å². The third-order valence-electron chi connectivity index (χ3n) is 1.55. The summed E-state index contributed by atoms with van der Waals surface area (Å²) in [7, 11) is 0. The predicted molar refractivity (Wildman–Crippen MR) is 46.9 cm³/mol. The molecule has 0 amide bonds. The molecule has 0 fully saturated rings. The number of rotatable bonds is 0. The molecule has 0 saturated heterocycles. The smallest absolute Gasteiger partial charge is 0.137 e. The van der Waals surface area contributed by atoms with Gasteiger partial charge in [-0.05, 0) is 26.0 Å². The summed E-state index contributed by atoms with van der Waals surface area (Å²) in [5.74, 6) is 1.39. The SMILES string of the molecule is CC1=CC(=C(C#N)C#N)C=C(C)O1. The number of hydrogen-bond acceptors (Lipinski definition) is 3. The Labute approximate surface area is 76.8 Å². The summed E-state index contributed by atoms with van der Waals surface area (Å²) in [5, 5.41) is 17.2. The van der Waals surface area contributed by atoms with Gasteiger partial charge in [0.25, 0.3) is 0 Å². The van der Waals surface area contributed by atoms with E-state index in [1.807, 2.05) is 12.1 Å². The van der Waals surface area contributed by atoms with Crippen LogP contribution in [0.15, 0.2) is 34.8 Å². The van der Waals surface area contributed by atoms with Gasteiger partial charge in [-0.15, -0.1) is 0 Å². The van der Waals surface area contributed by atoms with Crippen molar-refractivity contribution >= 4 is 0 Å². The van der Waals surface area contributed by atoms with Gasteiger partial charge >= 0.3 is 0 Å². The van der Waals surface area contributed by atoms with Gasteiger partial charge in [0.15, 0.2) is 0 Å². The summed E-state index contributed by atoms with van der Waals surface area (Å²) in [6, 6.07) is 3.67. The fourth-order valence-electron chi connectivity index (χ4n) is 1.09. The van der Waals surface area contributed by atoms with Crippen molar-refractivity contribution < 1.29 is 4.74 Å². The minimum atomic E-state index is 0.113. The van der Waals surface area contributed by atoms with E-state index >= 15 is 0 Å². The van der Waals surface area contributed by atoms with Crippen LogP contribution in [-0.4, -0.2) is 0 Å². The van der Waals surface area contributed by atoms with Gasteiger partial charge in [-0.3, -0.25) is 0 Å². The second-order valence-corrected chi connectivity index (χ2v) is 2.67. The Morgan fingerprint density at radius 1 is 1.15 bits per heavy atom. The van der Waals surface area contributed by atoms with E-state index < -0.39 is 0 Å². The number of ether oxygens (including phenoxy) is 1. The van der Waals surface area contributed by atoms with Crippen molar-refractivity contribution in [2.24, 2.45) is 0 Å². The average molecular weight is 172 g/mol. The standard InChI is InChI=1S/C10H8N2O/c1-7-3-9(4-8(2)13-7)10(5-11)6-12/h3-4H,1-2H3. The normalized spacial score (nSPS) is 14.6. The maximum atomic E-state index is 8.62. The fraction of sp³-hybridized carbons (Fsp3) is 0.200. The van der Waals surface area contributed by atoms with Crippen molar-refractivity contribution in [3.05, 3.63) is 34.8 Å². The van der Waals surface area contributed by atoms with Crippen LogP contribution < -0.4 is 0 Å². The van der Waals surface area contributed by atoms with Crippen LogP contribution in [0.5, 0.6) is 0 Å². The van der Waals surface area contributed by atoms with Crippen molar-refractivity contribution in [2.45, 2.75) is 13.8 Å². The lowest BCUT2D eigenvalue weighted by atomic mass is 10.1. The highest BCUT2D eigenvalue weighted by molar-refractivity contribution is 5.51. The first kappa shape index (κ1) is 9.09. The third kappa shape index (κ3) is 1.98. The second kappa shape index (κ2) is 3.60. The highest BCUT2D eigenvalue weighted by Gasteiger charge is 2.08. The third-order valence-corrected chi connectivity index (χ3v) is 1.55. The predicted octanol–water partition coefficient (Wildman–Crippen LogP) is 2.17. The summed E-state index contributed by atoms with van der Waals surface area (Å²) >= 11 is 0. The molecule has 3 heteroatoms. The van der Waals surface area contributed by atoms with Crippen LogP contribution in [0.4, 0.5) is 0 Å². The van der Waals surface area contributed by atoms with Crippen molar-refractivity contribution in [3.8, 4) is 12.1 Å². The van der Waals surface area contributed by atoms with Crippen molar-refractivity contribution in [3.63, 3.8) is 0 Å². The van der Waals surface area contributed by atoms with Crippen LogP contribution in [0.3, 0.4) is 0 Å². The van der Waals surface area contributed by atoms with Gasteiger partial charge < -0.3 is 4.74 Å². The molecule has 0 saturated carbocycles. The molecule has 1 aliphatic rings. The van der Waals surface area contributed by atoms with E-state index in [-0.39, 0.29) is 5.57 Å².